The molecule has 0 spiro atoms. The van der Waals surface area contributed by atoms with Crippen LogP contribution in [0.4, 0.5) is 0 Å². The molecule has 2 aromatic carbocycles. The second-order valence-electron chi connectivity index (χ2n) is 8.38. The lowest BCUT2D eigenvalue weighted by Crippen LogP contribution is -2.47. The highest BCUT2D eigenvalue weighted by Gasteiger charge is 2.34. The molecule has 0 saturated heterocycles. The first-order valence-corrected chi connectivity index (χ1v) is 13.3. The van der Waals surface area contributed by atoms with Crippen molar-refractivity contribution in [1.82, 2.24) is 9.80 Å². The maximum Gasteiger partial charge on any atom is 0.254 e. The number of nitrogens with zero attached hydrogens (tertiary/aromatic N) is 2. The van der Waals surface area contributed by atoms with E-state index in [0.29, 0.717) is 48.3 Å². The quantitative estimate of drug-likeness (QED) is 0.314. The zero-order valence-corrected chi connectivity index (χ0v) is 21.9. The smallest absolute Gasteiger partial charge is 0.254 e. The molecule has 0 aliphatic carbocycles. The third kappa shape index (κ3) is 6.25. The molecule has 0 N–H and O–H groups in total. The van der Waals surface area contributed by atoms with Crippen molar-refractivity contribution in [3.8, 4) is 0 Å². The summed E-state index contributed by atoms with van der Waals surface area (Å²) in [6, 6.07) is 16.4. The second kappa shape index (κ2) is 12.0. The van der Waals surface area contributed by atoms with E-state index in [1.54, 1.807) is 40.5 Å². The van der Waals surface area contributed by atoms with Gasteiger partial charge in [0, 0.05) is 46.8 Å². The van der Waals surface area contributed by atoms with Gasteiger partial charge in [-0.1, -0.05) is 41.4 Å². The maximum atomic E-state index is 13.7. The average Bonchev–Trinajstić information content (AvgIpc) is 3.34. The number of benzene rings is 2. The first-order chi connectivity index (χ1) is 17.0. The Hall–Kier alpha value is -2.38. The van der Waals surface area contributed by atoms with Gasteiger partial charge in [0.15, 0.2) is 0 Å². The number of rotatable bonds is 9. The van der Waals surface area contributed by atoms with Gasteiger partial charge in [0.1, 0.15) is 6.54 Å². The van der Waals surface area contributed by atoms with E-state index >= 15 is 0 Å². The summed E-state index contributed by atoms with van der Waals surface area (Å²) in [6.45, 7) is 4.07. The Morgan fingerprint density at radius 1 is 1.11 bits per heavy atom. The molecule has 0 fully saturated rings. The molecule has 8 heteroatoms. The number of hydrogen-bond acceptors (Lipinski definition) is 4. The maximum absolute atomic E-state index is 13.7. The van der Waals surface area contributed by atoms with Crippen LogP contribution in [0.1, 0.15) is 45.7 Å². The molecule has 184 valence electrons. The molecule has 1 aliphatic heterocycles. The van der Waals surface area contributed by atoms with Crippen LogP contribution in [0.5, 0.6) is 0 Å². The molecule has 1 aliphatic rings. The van der Waals surface area contributed by atoms with Gasteiger partial charge >= 0.3 is 0 Å². The summed E-state index contributed by atoms with van der Waals surface area (Å²) in [7, 11) is 0. The molecule has 0 unspecified atom stereocenters. The molecule has 2 heterocycles. The molecule has 5 nitrogen and oxygen atoms in total. The highest BCUT2D eigenvalue weighted by Crippen LogP contribution is 2.38. The molecular weight excluding hydrogens is 503 g/mol. The van der Waals surface area contributed by atoms with E-state index in [1.807, 2.05) is 36.1 Å². The highest BCUT2D eigenvalue weighted by atomic mass is 35.5. The Bertz CT molecular complexity index is 1170. The van der Waals surface area contributed by atoms with Crippen molar-refractivity contribution in [2.75, 3.05) is 32.8 Å². The Morgan fingerprint density at radius 3 is 2.66 bits per heavy atom. The van der Waals surface area contributed by atoms with Crippen LogP contribution in [-0.4, -0.2) is 54.5 Å². The van der Waals surface area contributed by atoms with Crippen LogP contribution in [0, 0.1) is 0 Å². The normalized spacial score (nSPS) is 15.1. The second-order valence-corrected chi connectivity index (χ2v) is 10.3. The summed E-state index contributed by atoms with van der Waals surface area (Å²) < 4.78 is 5.46. The fraction of sp³-hybridized carbons (Fsp3) is 0.333. The molecule has 0 bridgehead atoms. The summed E-state index contributed by atoms with van der Waals surface area (Å²) in [5.74, 6) is -0.304. The Kier molecular flexibility index (Phi) is 8.84. The molecule has 2 amide bonds. The molecular formula is C27H28Cl2N2O3S. The third-order valence-electron chi connectivity index (χ3n) is 6.08. The van der Waals surface area contributed by atoms with Crippen molar-refractivity contribution in [2.24, 2.45) is 0 Å². The van der Waals surface area contributed by atoms with Crippen molar-refractivity contribution in [3.05, 3.63) is 91.6 Å². The van der Waals surface area contributed by atoms with Crippen molar-refractivity contribution in [1.29, 1.82) is 0 Å². The average molecular weight is 532 g/mol. The van der Waals surface area contributed by atoms with Crippen molar-refractivity contribution in [3.63, 3.8) is 0 Å². The van der Waals surface area contributed by atoms with Crippen LogP contribution in [0.3, 0.4) is 0 Å². The Labute approximate surface area is 220 Å². The minimum Gasteiger partial charge on any atom is -0.382 e. The zero-order valence-electron chi connectivity index (χ0n) is 19.6. The summed E-state index contributed by atoms with van der Waals surface area (Å²) in [5, 5.41) is 3.21. The number of fused-ring (bicyclic) bond motifs is 1. The van der Waals surface area contributed by atoms with E-state index in [-0.39, 0.29) is 24.4 Å². The van der Waals surface area contributed by atoms with E-state index in [2.05, 4.69) is 11.4 Å². The fourth-order valence-corrected chi connectivity index (χ4v) is 5.62. The van der Waals surface area contributed by atoms with E-state index in [1.165, 1.54) is 4.88 Å². The summed E-state index contributed by atoms with van der Waals surface area (Å²) >= 11 is 14.0. The van der Waals surface area contributed by atoms with E-state index in [9.17, 15) is 9.59 Å². The van der Waals surface area contributed by atoms with E-state index in [0.717, 1.165) is 17.5 Å². The largest absolute Gasteiger partial charge is 0.382 e. The van der Waals surface area contributed by atoms with E-state index < -0.39 is 0 Å². The van der Waals surface area contributed by atoms with Crippen LogP contribution in [0.25, 0.3) is 0 Å². The molecule has 0 saturated carbocycles. The fourth-order valence-electron chi connectivity index (χ4n) is 4.40. The standard InChI is InChI=1S/C27H28Cl2N2O3S/c1-2-34-15-4-13-30(27(33)20-5-3-6-22(29)17-20)18-25(32)31-14-11-24-23(12-16-35-24)26(31)19-7-9-21(28)10-8-19/h3,5-10,12,16-17,26H,2,4,11,13-15,18H2,1H3/t26-/m1/s1. The molecule has 1 atom stereocenters. The lowest BCUT2D eigenvalue weighted by molar-refractivity contribution is -0.134. The summed E-state index contributed by atoms with van der Waals surface area (Å²) in [4.78, 5) is 31.9. The van der Waals surface area contributed by atoms with Crippen LogP contribution in [0.15, 0.2) is 60.0 Å². The molecule has 3 aromatic rings. The van der Waals surface area contributed by atoms with Crippen LogP contribution in [0.2, 0.25) is 10.0 Å². The number of carbonyl (C=O) groups excluding carboxylic acids is 2. The summed E-state index contributed by atoms with van der Waals surface area (Å²) in [5.41, 5.74) is 2.61. The van der Waals surface area contributed by atoms with Crippen LogP contribution in [-0.2, 0) is 16.0 Å². The number of hydrogen-bond donors (Lipinski definition) is 0. The van der Waals surface area contributed by atoms with Gasteiger partial charge in [0.2, 0.25) is 5.91 Å². The SMILES string of the molecule is CCOCCCN(CC(=O)N1CCc2sccc2[C@H]1c1ccc(Cl)cc1)C(=O)c1cccc(Cl)c1. The lowest BCUT2D eigenvalue weighted by atomic mass is 9.93. The Balaban J connectivity index is 1.58. The van der Waals surface area contributed by atoms with Gasteiger partial charge in [-0.2, -0.15) is 0 Å². The van der Waals surface area contributed by atoms with Gasteiger partial charge in [-0.25, -0.2) is 0 Å². The van der Waals surface area contributed by atoms with Gasteiger partial charge in [0.05, 0.1) is 6.04 Å². The van der Waals surface area contributed by atoms with Gasteiger partial charge < -0.3 is 14.5 Å². The Morgan fingerprint density at radius 2 is 1.91 bits per heavy atom. The van der Waals surface area contributed by atoms with Gasteiger partial charge in [-0.15, -0.1) is 11.3 Å². The topological polar surface area (TPSA) is 49.9 Å². The summed E-state index contributed by atoms with van der Waals surface area (Å²) in [6.07, 6.45) is 1.44. The number of halogens is 2. The number of thiophene rings is 1. The lowest BCUT2D eigenvalue weighted by Gasteiger charge is -2.37. The minimum absolute atomic E-state index is 0.0129. The van der Waals surface area contributed by atoms with Gasteiger partial charge in [-0.3, -0.25) is 9.59 Å². The number of carbonyl (C=O) groups is 2. The molecule has 4 rings (SSSR count). The first-order valence-electron chi connectivity index (χ1n) is 11.7. The zero-order chi connectivity index (χ0) is 24.8. The third-order valence-corrected chi connectivity index (χ3v) is 7.56. The minimum atomic E-state index is -0.214. The van der Waals surface area contributed by atoms with Crippen molar-refractivity contribution >= 4 is 46.4 Å². The predicted molar refractivity (Wildman–Crippen MR) is 141 cm³/mol. The molecule has 0 radical (unpaired) electrons. The van der Waals surface area contributed by atoms with Crippen molar-refractivity contribution in [2.45, 2.75) is 25.8 Å². The van der Waals surface area contributed by atoms with Crippen LogP contribution >= 0.6 is 34.5 Å². The number of ether oxygens (including phenoxy) is 1. The van der Waals surface area contributed by atoms with Gasteiger partial charge in [-0.05, 0) is 72.7 Å². The molecule has 1 aromatic heterocycles. The highest BCUT2D eigenvalue weighted by molar-refractivity contribution is 7.10. The first kappa shape index (κ1) is 25.7. The van der Waals surface area contributed by atoms with E-state index in [4.69, 9.17) is 27.9 Å². The number of amides is 2. The molecule has 35 heavy (non-hydrogen) atoms. The predicted octanol–water partition coefficient (Wildman–Crippen LogP) is 6.10. The van der Waals surface area contributed by atoms with Crippen LogP contribution < -0.4 is 0 Å². The monoisotopic (exact) mass is 530 g/mol. The van der Waals surface area contributed by atoms with Crippen molar-refractivity contribution < 1.29 is 14.3 Å². The van der Waals surface area contributed by atoms with Gasteiger partial charge in [0.25, 0.3) is 5.91 Å².